The number of hydrogen-bond donors (Lipinski definition) is 1. The van der Waals surface area contributed by atoms with E-state index in [0.29, 0.717) is 16.6 Å². The number of amides is 1. The molecule has 1 N–H and O–H groups in total. The number of aliphatic hydroxyl groups excluding tert-OH is 1. The maximum Gasteiger partial charge on any atom is 0.255 e. The number of carbonyl (C=O) groups excluding carboxylic acids is 1. The first-order valence-corrected chi connectivity index (χ1v) is 6.29. The van der Waals surface area contributed by atoms with Crippen molar-refractivity contribution in [1.82, 2.24) is 4.90 Å². The van der Waals surface area contributed by atoms with Crippen LogP contribution in [-0.2, 0) is 0 Å². The molecular formula is C12H13BrFNO2. The third-order valence-corrected chi connectivity index (χ3v) is 3.70. The van der Waals surface area contributed by atoms with Gasteiger partial charge in [-0.25, -0.2) is 4.39 Å². The zero-order valence-electron chi connectivity index (χ0n) is 9.20. The van der Waals surface area contributed by atoms with Gasteiger partial charge in [0.05, 0.1) is 18.2 Å². The molecule has 0 bridgehead atoms. The molecule has 1 saturated heterocycles. The molecule has 0 radical (unpaired) electrons. The second-order valence-electron chi connectivity index (χ2n) is 4.10. The van der Waals surface area contributed by atoms with Crippen molar-refractivity contribution in [2.45, 2.75) is 18.9 Å². The van der Waals surface area contributed by atoms with Gasteiger partial charge in [-0.15, -0.1) is 0 Å². The third kappa shape index (κ3) is 2.50. The van der Waals surface area contributed by atoms with Crippen LogP contribution in [0.3, 0.4) is 0 Å². The Labute approximate surface area is 107 Å². The van der Waals surface area contributed by atoms with E-state index in [1.165, 1.54) is 18.2 Å². The molecule has 1 heterocycles. The molecule has 1 fully saturated rings. The molecule has 1 aromatic rings. The topological polar surface area (TPSA) is 40.5 Å². The fraction of sp³-hybridized carbons (Fsp3) is 0.417. The summed E-state index contributed by atoms with van der Waals surface area (Å²) in [5.74, 6) is -0.663. The van der Waals surface area contributed by atoms with Crippen molar-refractivity contribution >= 4 is 21.8 Å². The molecule has 0 aliphatic carbocycles. The average Bonchev–Trinajstić information content (AvgIpc) is 2.79. The van der Waals surface area contributed by atoms with E-state index in [4.69, 9.17) is 0 Å². The van der Waals surface area contributed by atoms with Crippen molar-refractivity contribution in [3.8, 4) is 0 Å². The van der Waals surface area contributed by atoms with E-state index in [-0.39, 0.29) is 18.6 Å². The van der Waals surface area contributed by atoms with E-state index >= 15 is 0 Å². The molecule has 0 aromatic heterocycles. The molecule has 17 heavy (non-hydrogen) atoms. The van der Waals surface area contributed by atoms with Crippen molar-refractivity contribution in [3.63, 3.8) is 0 Å². The molecule has 0 spiro atoms. The Morgan fingerprint density at radius 3 is 3.06 bits per heavy atom. The Morgan fingerprint density at radius 1 is 1.59 bits per heavy atom. The molecular weight excluding hydrogens is 289 g/mol. The van der Waals surface area contributed by atoms with Gasteiger partial charge < -0.3 is 10.0 Å². The van der Waals surface area contributed by atoms with Crippen molar-refractivity contribution in [3.05, 3.63) is 34.1 Å². The van der Waals surface area contributed by atoms with Gasteiger partial charge in [0.15, 0.2) is 0 Å². The van der Waals surface area contributed by atoms with Crippen LogP contribution >= 0.6 is 15.9 Å². The lowest BCUT2D eigenvalue weighted by Gasteiger charge is -2.23. The van der Waals surface area contributed by atoms with E-state index in [1.807, 2.05) is 0 Å². The van der Waals surface area contributed by atoms with Gasteiger partial charge in [0, 0.05) is 11.0 Å². The summed E-state index contributed by atoms with van der Waals surface area (Å²) in [5, 5.41) is 9.18. The van der Waals surface area contributed by atoms with Crippen molar-refractivity contribution < 1.29 is 14.3 Å². The van der Waals surface area contributed by atoms with Gasteiger partial charge in [-0.1, -0.05) is 0 Å². The van der Waals surface area contributed by atoms with Crippen molar-refractivity contribution in [1.29, 1.82) is 0 Å². The maximum absolute atomic E-state index is 13.1. The Hall–Kier alpha value is -0.940. The molecule has 1 atom stereocenters. The van der Waals surface area contributed by atoms with Crippen LogP contribution in [0.4, 0.5) is 4.39 Å². The number of nitrogens with zero attached hydrogens (tertiary/aromatic N) is 1. The van der Waals surface area contributed by atoms with Gasteiger partial charge >= 0.3 is 0 Å². The molecule has 5 heteroatoms. The van der Waals surface area contributed by atoms with Gasteiger partial charge in [0.1, 0.15) is 5.82 Å². The highest BCUT2D eigenvalue weighted by molar-refractivity contribution is 9.10. The summed E-state index contributed by atoms with van der Waals surface area (Å²) in [5.41, 5.74) is 0.311. The zero-order chi connectivity index (χ0) is 12.4. The van der Waals surface area contributed by atoms with E-state index in [1.54, 1.807) is 4.90 Å². The quantitative estimate of drug-likeness (QED) is 0.910. The zero-order valence-corrected chi connectivity index (χ0v) is 10.8. The summed E-state index contributed by atoms with van der Waals surface area (Å²) in [6.07, 6.45) is 1.68. The summed E-state index contributed by atoms with van der Waals surface area (Å²) in [4.78, 5) is 13.8. The van der Waals surface area contributed by atoms with Crippen LogP contribution in [0.1, 0.15) is 23.2 Å². The van der Waals surface area contributed by atoms with Gasteiger partial charge in [-0.3, -0.25) is 4.79 Å². The summed E-state index contributed by atoms with van der Waals surface area (Å²) in [7, 11) is 0. The Bertz CT molecular complexity index is 439. The minimum atomic E-state index is -0.434. The molecule has 2 rings (SSSR count). The average molecular weight is 302 g/mol. The lowest BCUT2D eigenvalue weighted by molar-refractivity contribution is 0.0676. The molecule has 3 nitrogen and oxygen atoms in total. The highest BCUT2D eigenvalue weighted by Crippen LogP contribution is 2.24. The van der Waals surface area contributed by atoms with Gasteiger partial charge in [-0.2, -0.15) is 0 Å². The summed E-state index contributed by atoms with van der Waals surface area (Å²) < 4.78 is 13.7. The first kappa shape index (κ1) is 12.5. The molecule has 0 unspecified atom stereocenters. The molecule has 1 aliphatic heterocycles. The Kier molecular flexibility index (Phi) is 3.79. The van der Waals surface area contributed by atoms with Gasteiger partial charge in [0.25, 0.3) is 5.91 Å². The second-order valence-corrected chi connectivity index (χ2v) is 4.96. The van der Waals surface area contributed by atoms with Gasteiger partial charge in [-0.05, 0) is 47.0 Å². The van der Waals surface area contributed by atoms with Crippen molar-refractivity contribution in [2.75, 3.05) is 13.2 Å². The SMILES string of the molecule is O=C(c1cc(F)ccc1Br)N1CCC[C@@H]1CO. The number of hydrogen-bond acceptors (Lipinski definition) is 2. The van der Waals surface area contributed by atoms with Crippen LogP contribution in [0, 0.1) is 5.82 Å². The van der Waals surface area contributed by atoms with Crippen molar-refractivity contribution in [2.24, 2.45) is 0 Å². The predicted octanol–water partition coefficient (Wildman–Crippen LogP) is 2.19. The molecule has 0 saturated carbocycles. The number of carbonyl (C=O) groups is 1. The van der Waals surface area contributed by atoms with E-state index < -0.39 is 5.82 Å². The van der Waals surface area contributed by atoms with Crippen LogP contribution in [0.25, 0.3) is 0 Å². The lowest BCUT2D eigenvalue weighted by atomic mass is 10.1. The number of halogens is 2. The molecule has 92 valence electrons. The van der Waals surface area contributed by atoms with E-state index in [0.717, 1.165) is 12.8 Å². The maximum atomic E-state index is 13.1. The van der Waals surface area contributed by atoms with Crippen LogP contribution in [0.5, 0.6) is 0 Å². The number of likely N-dealkylation sites (tertiary alicyclic amines) is 1. The second kappa shape index (κ2) is 5.14. The van der Waals surface area contributed by atoms with E-state index in [2.05, 4.69) is 15.9 Å². The standard InChI is InChI=1S/C12H13BrFNO2/c13-11-4-3-8(14)6-10(11)12(17)15-5-1-2-9(15)7-16/h3-4,6,9,16H,1-2,5,7H2/t9-/m1/s1. The Balaban J connectivity index is 2.27. The first-order valence-electron chi connectivity index (χ1n) is 5.50. The minimum absolute atomic E-state index is 0.0430. The highest BCUT2D eigenvalue weighted by Gasteiger charge is 2.29. The monoisotopic (exact) mass is 301 g/mol. The fourth-order valence-electron chi connectivity index (χ4n) is 2.11. The summed E-state index contributed by atoms with van der Waals surface area (Å²) in [6.45, 7) is 0.575. The molecule has 1 aliphatic rings. The molecule has 1 amide bonds. The predicted molar refractivity (Wildman–Crippen MR) is 65.2 cm³/mol. The first-order chi connectivity index (χ1) is 8.13. The minimum Gasteiger partial charge on any atom is -0.394 e. The fourth-order valence-corrected chi connectivity index (χ4v) is 2.53. The summed E-state index contributed by atoms with van der Waals surface area (Å²) >= 11 is 3.24. The van der Waals surface area contributed by atoms with Crippen LogP contribution in [-0.4, -0.2) is 35.1 Å². The summed E-state index contributed by atoms with van der Waals surface area (Å²) in [6, 6.07) is 3.90. The van der Waals surface area contributed by atoms with E-state index in [9.17, 15) is 14.3 Å². The highest BCUT2D eigenvalue weighted by atomic mass is 79.9. The smallest absolute Gasteiger partial charge is 0.255 e. The number of aliphatic hydroxyl groups is 1. The largest absolute Gasteiger partial charge is 0.394 e. The third-order valence-electron chi connectivity index (χ3n) is 3.01. The number of rotatable bonds is 2. The number of benzene rings is 1. The normalized spacial score (nSPS) is 19.7. The van der Waals surface area contributed by atoms with Crippen LogP contribution < -0.4 is 0 Å². The Morgan fingerprint density at radius 2 is 2.35 bits per heavy atom. The lowest BCUT2D eigenvalue weighted by Crippen LogP contribution is -2.37. The van der Waals surface area contributed by atoms with Gasteiger partial charge in [0.2, 0.25) is 0 Å². The van der Waals surface area contributed by atoms with Crippen LogP contribution in [0.15, 0.2) is 22.7 Å². The van der Waals surface area contributed by atoms with Crippen LogP contribution in [0.2, 0.25) is 0 Å². The molecule has 1 aromatic carbocycles.